The van der Waals surface area contributed by atoms with Gasteiger partial charge >= 0.3 is 0 Å². The predicted molar refractivity (Wildman–Crippen MR) is 105 cm³/mol. The molecule has 0 N–H and O–H groups in total. The van der Waals surface area contributed by atoms with E-state index in [1.54, 1.807) is 47.4 Å². The summed E-state index contributed by atoms with van der Waals surface area (Å²) in [6.07, 6.45) is 1.66. The number of non-ortho nitro benzene ring substituents is 1. The minimum atomic E-state index is -3.37. The first-order valence-corrected chi connectivity index (χ1v) is 10.7. The van der Waals surface area contributed by atoms with Crippen molar-refractivity contribution in [2.45, 2.75) is 35.8 Å². The second-order valence-electron chi connectivity index (χ2n) is 6.86. The fraction of sp³-hybridized carbons (Fsp3) is 0.350. The second kappa shape index (κ2) is 8.52. The number of piperidine rings is 1. The van der Waals surface area contributed by atoms with Crippen molar-refractivity contribution in [3.63, 3.8) is 0 Å². The number of sulfone groups is 1. The minimum Gasteiger partial charge on any atom is -0.343 e. The standard InChI is InChI=1S/C20H22N2O5S/c23-20(11-8-16-6-9-17(10-7-16)22(24)25)21-14-12-19(13-15-21)28(26,27)18-4-2-1-3-5-18/h1-7,9-10,19H,8,11-15H2. The van der Waals surface area contributed by atoms with Gasteiger partial charge in [-0.25, -0.2) is 8.42 Å². The van der Waals surface area contributed by atoms with Gasteiger partial charge in [0.15, 0.2) is 9.84 Å². The lowest BCUT2D eigenvalue weighted by atomic mass is 10.1. The van der Waals surface area contributed by atoms with Crippen LogP contribution in [0.5, 0.6) is 0 Å². The number of hydrogen-bond donors (Lipinski definition) is 0. The molecule has 1 aliphatic rings. The van der Waals surface area contributed by atoms with E-state index in [0.717, 1.165) is 5.56 Å². The van der Waals surface area contributed by atoms with Gasteiger partial charge in [0.25, 0.3) is 5.69 Å². The van der Waals surface area contributed by atoms with Crippen LogP contribution in [0, 0.1) is 10.1 Å². The van der Waals surface area contributed by atoms with Gasteiger partial charge in [0.05, 0.1) is 15.1 Å². The highest BCUT2D eigenvalue weighted by atomic mass is 32.2. The van der Waals surface area contributed by atoms with Crippen LogP contribution in [0.4, 0.5) is 5.69 Å². The molecule has 1 fully saturated rings. The minimum absolute atomic E-state index is 0.0195. The number of rotatable bonds is 6. The molecule has 0 bridgehead atoms. The van der Waals surface area contributed by atoms with E-state index in [1.807, 2.05) is 0 Å². The van der Waals surface area contributed by atoms with Crippen LogP contribution in [-0.2, 0) is 21.1 Å². The van der Waals surface area contributed by atoms with Gasteiger partial charge in [-0.3, -0.25) is 14.9 Å². The Balaban J connectivity index is 1.52. The number of nitro benzene ring substituents is 1. The van der Waals surface area contributed by atoms with Crippen LogP contribution >= 0.6 is 0 Å². The zero-order valence-electron chi connectivity index (χ0n) is 15.4. The molecule has 0 unspecified atom stereocenters. The Kier molecular flexibility index (Phi) is 6.08. The summed E-state index contributed by atoms with van der Waals surface area (Å²) in [6.45, 7) is 0.853. The van der Waals surface area contributed by atoms with Crippen molar-refractivity contribution < 1.29 is 18.1 Å². The van der Waals surface area contributed by atoms with Gasteiger partial charge in [0, 0.05) is 31.6 Å². The van der Waals surface area contributed by atoms with E-state index in [2.05, 4.69) is 0 Å². The van der Waals surface area contributed by atoms with Gasteiger partial charge in [-0.2, -0.15) is 0 Å². The summed E-state index contributed by atoms with van der Waals surface area (Å²) in [5.41, 5.74) is 0.886. The summed E-state index contributed by atoms with van der Waals surface area (Å²) in [5.74, 6) is -0.0195. The molecule has 1 saturated heterocycles. The second-order valence-corrected chi connectivity index (χ2v) is 9.09. The summed E-state index contributed by atoms with van der Waals surface area (Å²) in [6, 6.07) is 14.6. The fourth-order valence-electron chi connectivity index (χ4n) is 3.41. The van der Waals surface area contributed by atoms with Crippen LogP contribution < -0.4 is 0 Å². The van der Waals surface area contributed by atoms with Crippen LogP contribution in [0.1, 0.15) is 24.8 Å². The highest BCUT2D eigenvalue weighted by Gasteiger charge is 2.32. The highest BCUT2D eigenvalue weighted by molar-refractivity contribution is 7.92. The number of hydrogen-bond acceptors (Lipinski definition) is 5. The van der Waals surface area contributed by atoms with Crippen LogP contribution in [0.25, 0.3) is 0 Å². The lowest BCUT2D eigenvalue weighted by molar-refractivity contribution is -0.384. The van der Waals surface area contributed by atoms with Gasteiger partial charge < -0.3 is 4.90 Å². The Morgan fingerprint density at radius 2 is 1.64 bits per heavy atom. The molecule has 2 aromatic carbocycles. The van der Waals surface area contributed by atoms with Crippen molar-refractivity contribution >= 4 is 21.4 Å². The van der Waals surface area contributed by atoms with Gasteiger partial charge in [-0.1, -0.05) is 30.3 Å². The zero-order chi connectivity index (χ0) is 20.1. The molecule has 1 amide bonds. The van der Waals surface area contributed by atoms with Gasteiger partial charge in [-0.05, 0) is 37.0 Å². The van der Waals surface area contributed by atoms with Crippen LogP contribution in [0.3, 0.4) is 0 Å². The number of amides is 1. The number of carbonyl (C=O) groups is 1. The molecule has 1 aliphatic heterocycles. The van der Waals surface area contributed by atoms with E-state index < -0.39 is 20.0 Å². The largest absolute Gasteiger partial charge is 0.343 e. The quantitative estimate of drug-likeness (QED) is 0.546. The first-order valence-electron chi connectivity index (χ1n) is 9.18. The van der Waals surface area contributed by atoms with Crippen molar-refractivity contribution in [3.05, 3.63) is 70.3 Å². The summed E-state index contributed by atoms with van der Waals surface area (Å²) in [7, 11) is -3.37. The lowest BCUT2D eigenvalue weighted by Crippen LogP contribution is -2.42. The van der Waals surface area contributed by atoms with Gasteiger partial charge in [-0.15, -0.1) is 0 Å². The molecule has 1 heterocycles. The van der Waals surface area contributed by atoms with Crippen LogP contribution in [-0.4, -0.2) is 42.5 Å². The maximum Gasteiger partial charge on any atom is 0.269 e. The molecular weight excluding hydrogens is 380 g/mol. The smallest absolute Gasteiger partial charge is 0.269 e. The van der Waals surface area contributed by atoms with Crippen molar-refractivity contribution in [1.82, 2.24) is 4.90 Å². The summed E-state index contributed by atoms with van der Waals surface area (Å²) < 4.78 is 25.4. The molecule has 0 atom stereocenters. The van der Waals surface area contributed by atoms with Crippen molar-refractivity contribution in [2.24, 2.45) is 0 Å². The molecule has 0 saturated carbocycles. The SMILES string of the molecule is O=C(CCc1ccc([N+](=O)[O-])cc1)N1CCC(S(=O)(=O)c2ccccc2)CC1. The van der Waals surface area contributed by atoms with Crippen molar-refractivity contribution in [2.75, 3.05) is 13.1 Å². The number of benzene rings is 2. The third kappa shape index (κ3) is 4.56. The number of nitrogens with zero attached hydrogens (tertiary/aromatic N) is 2. The molecular formula is C20H22N2O5S. The molecule has 3 rings (SSSR count). The van der Waals surface area contributed by atoms with Gasteiger partial charge in [0.1, 0.15) is 0 Å². The molecule has 0 spiro atoms. The third-order valence-electron chi connectivity index (χ3n) is 5.08. The Morgan fingerprint density at radius 3 is 2.21 bits per heavy atom. The predicted octanol–water partition coefficient (Wildman–Crippen LogP) is 2.99. The van der Waals surface area contributed by atoms with Crippen LogP contribution in [0.2, 0.25) is 0 Å². The first kappa shape index (κ1) is 20.0. The molecule has 28 heavy (non-hydrogen) atoms. The third-order valence-corrected chi connectivity index (χ3v) is 7.36. The highest BCUT2D eigenvalue weighted by Crippen LogP contribution is 2.25. The average Bonchev–Trinajstić information content (AvgIpc) is 2.73. The molecule has 0 aromatic heterocycles. The average molecular weight is 402 g/mol. The van der Waals surface area contributed by atoms with E-state index in [-0.39, 0.29) is 11.6 Å². The normalized spacial score (nSPS) is 15.4. The van der Waals surface area contributed by atoms with E-state index in [0.29, 0.717) is 43.7 Å². The van der Waals surface area contributed by atoms with Gasteiger partial charge in [0.2, 0.25) is 5.91 Å². The maximum atomic E-state index is 12.7. The maximum absolute atomic E-state index is 12.7. The Hall–Kier alpha value is -2.74. The van der Waals surface area contributed by atoms with E-state index in [9.17, 15) is 23.3 Å². The molecule has 7 nitrogen and oxygen atoms in total. The Labute approximate surface area is 164 Å². The first-order chi connectivity index (χ1) is 13.4. The van der Waals surface area contributed by atoms with E-state index >= 15 is 0 Å². The number of likely N-dealkylation sites (tertiary alicyclic amines) is 1. The lowest BCUT2D eigenvalue weighted by Gasteiger charge is -2.32. The van der Waals surface area contributed by atoms with Crippen molar-refractivity contribution in [3.8, 4) is 0 Å². The fourth-order valence-corrected chi connectivity index (χ4v) is 5.16. The van der Waals surface area contributed by atoms with E-state index in [4.69, 9.17) is 0 Å². The zero-order valence-corrected chi connectivity index (χ0v) is 16.2. The van der Waals surface area contributed by atoms with E-state index in [1.165, 1.54) is 12.1 Å². The topological polar surface area (TPSA) is 97.6 Å². The molecule has 0 aliphatic carbocycles. The summed E-state index contributed by atoms with van der Waals surface area (Å²) >= 11 is 0. The number of carbonyl (C=O) groups excluding carboxylic acids is 1. The summed E-state index contributed by atoms with van der Waals surface area (Å²) in [5, 5.41) is 10.2. The molecule has 8 heteroatoms. The number of nitro groups is 1. The van der Waals surface area contributed by atoms with Crippen molar-refractivity contribution in [1.29, 1.82) is 0 Å². The molecule has 2 aromatic rings. The molecule has 148 valence electrons. The Bertz CT molecular complexity index is 934. The number of aryl methyl sites for hydroxylation is 1. The van der Waals surface area contributed by atoms with Crippen LogP contribution in [0.15, 0.2) is 59.5 Å². The monoisotopic (exact) mass is 402 g/mol. The Morgan fingerprint density at radius 1 is 1.04 bits per heavy atom. The molecule has 0 radical (unpaired) electrons. The summed E-state index contributed by atoms with van der Waals surface area (Å²) in [4.78, 5) is 24.7.